The maximum Gasteiger partial charge on any atom is 0.323 e. The molecule has 22 heavy (non-hydrogen) atoms. The molecule has 7 heteroatoms. The predicted octanol–water partition coefficient (Wildman–Crippen LogP) is 1.87. The van der Waals surface area contributed by atoms with Crippen LogP contribution in [0.15, 0.2) is 12.3 Å². The molecule has 0 bridgehead atoms. The zero-order valence-corrected chi connectivity index (χ0v) is 13.2. The number of likely N-dealkylation sites (N-methyl/N-ethyl adjacent to an activating group) is 1. The third-order valence-corrected chi connectivity index (χ3v) is 3.47. The van der Waals surface area contributed by atoms with Gasteiger partial charge in [0.1, 0.15) is 6.54 Å². The highest BCUT2D eigenvalue weighted by Gasteiger charge is 2.21. The molecule has 2 aromatic heterocycles. The van der Waals surface area contributed by atoms with Gasteiger partial charge >= 0.3 is 5.97 Å². The molecule has 0 saturated heterocycles. The predicted molar refractivity (Wildman–Crippen MR) is 81.9 cm³/mol. The molecule has 0 aliphatic rings. The first-order valence-electron chi connectivity index (χ1n) is 7.21. The number of aryl methyl sites for hydroxylation is 1. The first kappa shape index (κ1) is 15.9. The number of aliphatic carboxylic acids is 1. The molecule has 0 aliphatic heterocycles. The Kier molecular flexibility index (Phi) is 4.44. The van der Waals surface area contributed by atoms with Crippen molar-refractivity contribution in [3.63, 3.8) is 0 Å². The van der Waals surface area contributed by atoms with E-state index in [-0.39, 0.29) is 18.5 Å². The molecule has 2 heterocycles. The molecule has 0 unspecified atom stereocenters. The SMILES string of the molecule is CCN(CC(=O)O)C(=O)c1cc2cnn(C(C)C)c2nc1C. The summed E-state index contributed by atoms with van der Waals surface area (Å²) in [5, 5.41) is 14.0. The van der Waals surface area contributed by atoms with Gasteiger partial charge in [-0.3, -0.25) is 9.59 Å². The van der Waals surface area contributed by atoms with Crippen LogP contribution in [0.3, 0.4) is 0 Å². The number of fused-ring (bicyclic) bond motifs is 1. The summed E-state index contributed by atoms with van der Waals surface area (Å²) in [6.07, 6.45) is 1.67. The van der Waals surface area contributed by atoms with Crippen LogP contribution in [0, 0.1) is 6.92 Å². The molecule has 0 fully saturated rings. The lowest BCUT2D eigenvalue weighted by Gasteiger charge is -2.19. The standard InChI is InChI=1S/C15H20N4O3/c1-5-18(8-13(20)21)15(22)12-6-11-7-16-19(9(2)3)14(11)17-10(12)4/h6-7,9H,5,8H2,1-4H3,(H,20,21). The number of aromatic nitrogens is 3. The molecule has 0 saturated carbocycles. The van der Waals surface area contributed by atoms with Crippen LogP contribution >= 0.6 is 0 Å². The van der Waals surface area contributed by atoms with Crippen molar-refractivity contribution in [3.05, 3.63) is 23.5 Å². The van der Waals surface area contributed by atoms with E-state index in [9.17, 15) is 9.59 Å². The van der Waals surface area contributed by atoms with Gasteiger partial charge in [-0.25, -0.2) is 9.67 Å². The maximum absolute atomic E-state index is 12.5. The fourth-order valence-electron chi connectivity index (χ4n) is 2.32. The molecule has 1 amide bonds. The van der Waals surface area contributed by atoms with Crippen molar-refractivity contribution in [2.75, 3.05) is 13.1 Å². The third kappa shape index (κ3) is 2.93. The summed E-state index contributed by atoms with van der Waals surface area (Å²) in [5.74, 6) is -1.36. The number of hydrogen-bond donors (Lipinski definition) is 1. The van der Waals surface area contributed by atoms with E-state index in [2.05, 4.69) is 10.1 Å². The summed E-state index contributed by atoms with van der Waals surface area (Å²) in [6, 6.07) is 1.90. The van der Waals surface area contributed by atoms with Crippen molar-refractivity contribution in [3.8, 4) is 0 Å². The van der Waals surface area contributed by atoms with Crippen molar-refractivity contribution < 1.29 is 14.7 Å². The van der Waals surface area contributed by atoms with E-state index >= 15 is 0 Å². The van der Waals surface area contributed by atoms with Gasteiger partial charge in [0.05, 0.1) is 17.5 Å². The molecule has 7 nitrogen and oxygen atoms in total. The van der Waals surface area contributed by atoms with Crippen LogP contribution < -0.4 is 0 Å². The second-order valence-corrected chi connectivity index (χ2v) is 5.43. The number of carboxylic acids is 1. The monoisotopic (exact) mass is 304 g/mol. The van der Waals surface area contributed by atoms with E-state index in [1.54, 1.807) is 30.8 Å². The minimum absolute atomic E-state index is 0.171. The Balaban J connectivity index is 2.45. The molecule has 0 aromatic carbocycles. The van der Waals surface area contributed by atoms with E-state index in [1.807, 2.05) is 13.8 Å². The average molecular weight is 304 g/mol. The molecule has 0 atom stereocenters. The second kappa shape index (κ2) is 6.13. The Bertz CT molecular complexity index is 721. The number of carbonyl (C=O) groups is 2. The Morgan fingerprint density at radius 1 is 1.41 bits per heavy atom. The first-order chi connectivity index (χ1) is 10.3. The van der Waals surface area contributed by atoms with Crippen LogP contribution in [0.4, 0.5) is 0 Å². The van der Waals surface area contributed by atoms with Crippen LogP contribution in [0.5, 0.6) is 0 Å². The second-order valence-electron chi connectivity index (χ2n) is 5.43. The highest BCUT2D eigenvalue weighted by atomic mass is 16.4. The number of carboxylic acid groups (broad SMARTS) is 1. The molecular weight excluding hydrogens is 284 g/mol. The number of amides is 1. The number of carbonyl (C=O) groups excluding carboxylic acids is 1. The quantitative estimate of drug-likeness (QED) is 0.911. The highest BCUT2D eigenvalue weighted by molar-refractivity contribution is 5.99. The number of rotatable bonds is 5. The summed E-state index contributed by atoms with van der Waals surface area (Å²) in [6.45, 7) is 7.52. The van der Waals surface area contributed by atoms with E-state index in [4.69, 9.17) is 5.11 Å². The Hall–Kier alpha value is -2.44. The van der Waals surface area contributed by atoms with Crippen molar-refractivity contribution >= 4 is 22.9 Å². The Morgan fingerprint density at radius 3 is 2.64 bits per heavy atom. The summed E-state index contributed by atoms with van der Waals surface area (Å²) >= 11 is 0. The van der Waals surface area contributed by atoms with E-state index in [0.717, 1.165) is 11.0 Å². The largest absolute Gasteiger partial charge is 0.480 e. The van der Waals surface area contributed by atoms with Crippen LogP contribution in [-0.4, -0.2) is 49.7 Å². The van der Waals surface area contributed by atoms with Crippen molar-refractivity contribution in [2.24, 2.45) is 0 Å². The topological polar surface area (TPSA) is 88.3 Å². The summed E-state index contributed by atoms with van der Waals surface area (Å²) in [4.78, 5) is 29.1. The van der Waals surface area contributed by atoms with Crippen LogP contribution in [0.25, 0.3) is 11.0 Å². The summed E-state index contributed by atoms with van der Waals surface area (Å²) in [7, 11) is 0. The van der Waals surface area contributed by atoms with Crippen molar-refractivity contribution in [1.82, 2.24) is 19.7 Å². The average Bonchev–Trinajstić information content (AvgIpc) is 2.85. The van der Waals surface area contributed by atoms with Crippen molar-refractivity contribution in [1.29, 1.82) is 0 Å². The van der Waals surface area contributed by atoms with E-state index < -0.39 is 5.97 Å². The molecular formula is C15H20N4O3. The third-order valence-electron chi connectivity index (χ3n) is 3.47. The van der Waals surface area contributed by atoms with Gasteiger partial charge in [0.2, 0.25) is 0 Å². The summed E-state index contributed by atoms with van der Waals surface area (Å²) in [5.41, 5.74) is 1.72. The Labute approximate surface area is 128 Å². The lowest BCUT2D eigenvalue weighted by molar-refractivity contribution is -0.137. The maximum atomic E-state index is 12.5. The number of nitrogens with zero attached hydrogens (tertiary/aromatic N) is 4. The van der Waals surface area contributed by atoms with E-state index in [1.165, 1.54) is 4.90 Å². The van der Waals surface area contributed by atoms with Crippen LogP contribution in [-0.2, 0) is 4.79 Å². The minimum Gasteiger partial charge on any atom is -0.480 e. The van der Waals surface area contributed by atoms with E-state index in [0.29, 0.717) is 17.8 Å². The fraction of sp³-hybridized carbons (Fsp3) is 0.467. The smallest absolute Gasteiger partial charge is 0.323 e. The minimum atomic E-state index is -1.03. The molecule has 0 spiro atoms. The normalized spacial score (nSPS) is 11.1. The summed E-state index contributed by atoms with van der Waals surface area (Å²) < 4.78 is 1.80. The van der Waals surface area contributed by atoms with Gasteiger partial charge in [0.25, 0.3) is 5.91 Å². The molecule has 2 aromatic rings. The molecule has 1 N–H and O–H groups in total. The lowest BCUT2D eigenvalue weighted by atomic mass is 10.1. The molecule has 2 rings (SSSR count). The van der Waals surface area contributed by atoms with Gasteiger partial charge < -0.3 is 10.0 Å². The van der Waals surface area contributed by atoms with Crippen LogP contribution in [0.1, 0.15) is 42.9 Å². The molecule has 0 aliphatic carbocycles. The van der Waals surface area contributed by atoms with Gasteiger partial charge in [0.15, 0.2) is 5.65 Å². The van der Waals surface area contributed by atoms with Crippen molar-refractivity contribution in [2.45, 2.75) is 33.7 Å². The van der Waals surface area contributed by atoms with Gasteiger partial charge in [-0.1, -0.05) is 0 Å². The van der Waals surface area contributed by atoms with Gasteiger partial charge in [-0.15, -0.1) is 0 Å². The van der Waals surface area contributed by atoms with Gasteiger partial charge in [-0.2, -0.15) is 5.10 Å². The lowest BCUT2D eigenvalue weighted by Crippen LogP contribution is -2.35. The number of pyridine rings is 1. The fourth-order valence-corrected chi connectivity index (χ4v) is 2.32. The van der Waals surface area contributed by atoms with Gasteiger partial charge in [-0.05, 0) is 33.8 Å². The highest BCUT2D eigenvalue weighted by Crippen LogP contribution is 2.20. The van der Waals surface area contributed by atoms with Crippen LogP contribution in [0.2, 0.25) is 0 Å². The molecule has 0 radical (unpaired) electrons. The zero-order chi connectivity index (χ0) is 16.4. The number of hydrogen-bond acceptors (Lipinski definition) is 4. The zero-order valence-electron chi connectivity index (χ0n) is 13.2. The Morgan fingerprint density at radius 2 is 2.09 bits per heavy atom. The molecule has 118 valence electrons. The van der Waals surface area contributed by atoms with Gasteiger partial charge in [0, 0.05) is 18.0 Å². The first-order valence-corrected chi connectivity index (χ1v) is 7.21.